The quantitative estimate of drug-likeness (QED) is 0.832. The molecule has 0 aliphatic heterocycles. The van der Waals surface area contributed by atoms with Crippen molar-refractivity contribution in [1.29, 1.82) is 0 Å². The number of benzene rings is 1. The Labute approximate surface area is 109 Å². The van der Waals surface area contributed by atoms with Crippen LogP contribution in [0.2, 0.25) is 0 Å². The van der Waals surface area contributed by atoms with Crippen LogP contribution >= 0.6 is 12.4 Å². The highest BCUT2D eigenvalue weighted by atomic mass is 35.5. The monoisotopic (exact) mass is 282 g/mol. The average Bonchev–Trinajstić information content (AvgIpc) is 2.28. The molecule has 0 saturated heterocycles. The number of carbonyl (C=O) groups is 1. The lowest BCUT2D eigenvalue weighted by molar-refractivity contribution is -0.137. The Bertz CT molecular complexity index is 396. The summed E-state index contributed by atoms with van der Waals surface area (Å²) in [7, 11) is 0. The Morgan fingerprint density at radius 1 is 1.28 bits per heavy atom. The fourth-order valence-electron chi connectivity index (χ4n) is 1.33. The van der Waals surface area contributed by atoms with Crippen LogP contribution in [0.5, 0.6) is 0 Å². The van der Waals surface area contributed by atoms with Gasteiger partial charge in [0.15, 0.2) is 0 Å². The van der Waals surface area contributed by atoms with Crippen LogP contribution in [0.1, 0.15) is 22.3 Å². The second-order valence-electron chi connectivity index (χ2n) is 3.44. The molecule has 7 heteroatoms. The van der Waals surface area contributed by atoms with E-state index in [4.69, 9.17) is 5.73 Å². The van der Waals surface area contributed by atoms with Crippen LogP contribution in [0, 0.1) is 0 Å². The van der Waals surface area contributed by atoms with Crippen molar-refractivity contribution in [2.45, 2.75) is 12.6 Å². The summed E-state index contributed by atoms with van der Waals surface area (Å²) in [6.07, 6.45) is -4.00. The zero-order chi connectivity index (χ0) is 12.9. The summed E-state index contributed by atoms with van der Waals surface area (Å²) in [5, 5.41) is 2.39. The summed E-state index contributed by atoms with van der Waals surface area (Å²) < 4.78 is 37.8. The lowest BCUT2D eigenvalue weighted by atomic mass is 10.1. The van der Waals surface area contributed by atoms with Crippen LogP contribution in [0.3, 0.4) is 0 Å². The van der Waals surface area contributed by atoms with E-state index >= 15 is 0 Å². The smallest absolute Gasteiger partial charge is 0.352 e. The number of carbonyl (C=O) groups excluding carboxylic acids is 1. The number of hydrogen-bond donors (Lipinski definition) is 2. The molecule has 102 valence electrons. The molecule has 0 saturated carbocycles. The lowest BCUT2D eigenvalue weighted by Gasteiger charge is -2.12. The first-order valence-electron chi connectivity index (χ1n) is 5.11. The van der Waals surface area contributed by atoms with Crippen molar-refractivity contribution in [3.63, 3.8) is 0 Å². The fourth-order valence-corrected chi connectivity index (χ4v) is 1.33. The molecule has 0 atom stereocenters. The molecule has 0 spiro atoms. The SMILES string of the molecule is Cl.NCCCNC(=O)c1ccccc1C(F)(F)F. The van der Waals surface area contributed by atoms with Crippen molar-refractivity contribution in [2.75, 3.05) is 13.1 Å². The standard InChI is InChI=1S/C11H13F3N2O.ClH/c12-11(13,14)9-5-2-1-4-8(9)10(17)16-7-3-6-15;/h1-2,4-5H,3,6-7,15H2,(H,16,17);1H. The number of alkyl halides is 3. The van der Waals surface area contributed by atoms with Gasteiger partial charge in [-0.25, -0.2) is 0 Å². The molecule has 1 rings (SSSR count). The van der Waals surface area contributed by atoms with Gasteiger partial charge in [0.2, 0.25) is 0 Å². The molecule has 0 aliphatic rings. The predicted octanol–water partition coefficient (Wildman–Crippen LogP) is 2.21. The molecule has 0 heterocycles. The van der Waals surface area contributed by atoms with E-state index in [2.05, 4.69) is 5.32 Å². The van der Waals surface area contributed by atoms with Crippen LogP contribution < -0.4 is 11.1 Å². The second-order valence-corrected chi connectivity index (χ2v) is 3.44. The number of rotatable bonds is 4. The molecule has 0 bridgehead atoms. The van der Waals surface area contributed by atoms with Crippen molar-refractivity contribution in [2.24, 2.45) is 5.73 Å². The molecule has 1 amide bonds. The van der Waals surface area contributed by atoms with Gasteiger partial charge >= 0.3 is 6.18 Å². The van der Waals surface area contributed by atoms with E-state index in [9.17, 15) is 18.0 Å². The minimum absolute atomic E-state index is 0. The largest absolute Gasteiger partial charge is 0.417 e. The molecule has 3 nitrogen and oxygen atoms in total. The maximum Gasteiger partial charge on any atom is 0.417 e. The van der Waals surface area contributed by atoms with E-state index in [1.165, 1.54) is 12.1 Å². The maximum absolute atomic E-state index is 12.6. The second kappa shape index (κ2) is 7.23. The minimum atomic E-state index is -4.53. The maximum atomic E-state index is 12.6. The number of nitrogens with one attached hydrogen (secondary N) is 1. The summed E-state index contributed by atoms with van der Waals surface area (Å²) >= 11 is 0. The highest BCUT2D eigenvalue weighted by Crippen LogP contribution is 2.31. The summed E-state index contributed by atoms with van der Waals surface area (Å²) in [6.45, 7) is 0.642. The molecule has 1 aromatic carbocycles. The molecular weight excluding hydrogens is 269 g/mol. The topological polar surface area (TPSA) is 55.1 Å². The van der Waals surface area contributed by atoms with Gasteiger partial charge in [-0.05, 0) is 25.1 Å². The van der Waals surface area contributed by atoms with Crippen LogP contribution in [-0.4, -0.2) is 19.0 Å². The van der Waals surface area contributed by atoms with Gasteiger partial charge in [0.1, 0.15) is 0 Å². The van der Waals surface area contributed by atoms with Gasteiger partial charge < -0.3 is 11.1 Å². The number of amides is 1. The summed E-state index contributed by atoms with van der Waals surface area (Å²) in [4.78, 5) is 11.5. The molecule has 1 aromatic rings. The Kier molecular flexibility index (Phi) is 6.72. The number of nitrogens with two attached hydrogens (primary N) is 1. The van der Waals surface area contributed by atoms with Gasteiger partial charge in [0.25, 0.3) is 5.91 Å². The number of halogens is 4. The van der Waals surface area contributed by atoms with Crippen LogP contribution in [-0.2, 0) is 6.18 Å². The van der Waals surface area contributed by atoms with E-state index < -0.39 is 17.6 Å². The lowest BCUT2D eigenvalue weighted by Crippen LogP contribution is -2.28. The Morgan fingerprint density at radius 3 is 2.44 bits per heavy atom. The molecule has 0 fully saturated rings. The van der Waals surface area contributed by atoms with E-state index in [1.54, 1.807) is 0 Å². The van der Waals surface area contributed by atoms with E-state index in [1.807, 2.05) is 0 Å². The van der Waals surface area contributed by atoms with E-state index in [0.29, 0.717) is 13.0 Å². The van der Waals surface area contributed by atoms with Crippen molar-refractivity contribution < 1.29 is 18.0 Å². The summed E-state index contributed by atoms with van der Waals surface area (Å²) in [5.74, 6) is -0.730. The Morgan fingerprint density at radius 2 is 1.89 bits per heavy atom. The van der Waals surface area contributed by atoms with Crippen molar-refractivity contribution in [1.82, 2.24) is 5.32 Å². The molecule has 3 N–H and O–H groups in total. The molecule has 0 aliphatic carbocycles. The highest BCUT2D eigenvalue weighted by Gasteiger charge is 2.34. The predicted molar refractivity (Wildman–Crippen MR) is 64.7 cm³/mol. The van der Waals surface area contributed by atoms with Gasteiger partial charge in [0, 0.05) is 6.54 Å². The van der Waals surface area contributed by atoms with Crippen LogP contribution in [0.15, 0.2) is 24.3 Å². The van der Waals surface area contributed by atoms with Crippen LogP contribution in [0.25, 0.3) is 0 Å². The Balaban J connectivity index is 0.00000289. The average molecular weight is 283 g/mol. The molecule has 18 heavy (non-hydrogen) atoms. The minimum Gasteiger partial charge on any atom is -0.352 e. The third-order valence-corrected chi connectivity index (χ3v) is 2.14. The van der Waals surface area contributed by atoms with Gasteiger partial charge in [-0.15, -0.1) is 12.4 Å². The third kappa shape index (κ3) is 4.54. The zero-order valence-electron chi connectivity index (χ0n) is 9.46. The third-order valence-electron chi connectivity index (χ3n) is 2.14. The number of hydrogen-bond acceptors (Lipinski definition) is 2. The molecule has 0 unspecified atom stereocenters. The first-order chi connectivity index (χ1) is 7.96. The fraction of sp³-hybridized carbons (Fsp3) is 0.364. The van der Waals surface area contributed by atoms with Crippen molar-refractivity contribution in [3.8, 4) is 0 Å². The molecule has 0 radical (unpaired) electrons. The van der Waals surface area contributed by atoms with E-state index in [0.717, 1.165) is 12.1 Å². The zero-order valence-corrected chi connectivity index (χ0v) is 10.3. The van der Waals surface area contributed by atoms with Crippen molar-refractivity contribution in [3.05, 3.63) is 35.4 Å². The summed E-state index contributed by atoms with van der Waals surface area (Å²) in [5.41, 5.74) is 3.93. The normalized spacial score (nSPS) is 10.7. The van der Waals surface area contributed by atoms with Gasteiger partial charge in [-0.1, -0.05) is 12.1 Å². The first-order valence-corrected chi connectivity index (χ1v) is 5.11. The van der Waals surface area contributed by atoms with Gasteiger partial charge in [-0.3, -0.25) is 4.79 Å². The molecule has 0 aromatic heterocycles. The van der Waals surface area contributed by atoms with Crippen molar-refractivity contribution >= 4 is 18.3 Å². The van der Waals surface area contributed by atoms with Gasteiger partial charge in [0.05, 0.1) is 11.1 Å². The van der Waals surface area contributed by atoms with Gasteiger partial charge in [-0.2, -0.15) is 13.2 Å². The summed E-state index contributed by atoms with van der Waals surface area (Å²) in [6, 6.07) is 4.69. The first kappa shape index (κ1) is 16.7. The van der Waals surface area contributed by atoms with E-state index in [-0.39, 0.29) is 24.5 Å². The Hall–Kier alpha value is -1.27. The van der Waals surface area contributed by atoms with Crippen LogP contribution in [0.4, 0.5) is 13.2 Å². The molecular formula is C11H14ClF3N2O. The highest BCUT2D eigenvalue weighted by molar-refractivity contribution is 5.95.